The summed E-state index contributed by atoms with van der Waals surface area (Å²) in [6.45, 7) is 1.32. The fourth-order valence-electron chi connectivity index (χ4n) is 1.55. The summed E-state index contributed by atoms with van der Waals surface area (Å²) in [5.41, 5.74) is 0. The average Bonchev–Trinajstić information content (AvgIpc) is 2.12. The Balaban J connectivity index is 3.91. The van der Waals surface area contributed by atoms with E-state index in [-0.39, 0.29) is 12.2 Å². The maximum absolute atomic E-state index is 11.2. The summed E-state index contributed by atoms with van der Waals surface area (Å²) >= 11 is 0. The fourth-order valence-corrected chi connectivity index (χ4v) is 2.57. The van der Waals surface area contributed by atoms with E-state index < -0.39 is 25.6 Å². The maximum Gasteiger partial charge on any atom is 0.326 e. The molecule has 0 saturated carbocycles. The van der Waals surface area contributed by atoms with Gasteiger partial charge in [-0.1, -0.05) is 12.8 Å². The largest absolute Gasteiger partial charge is 0.481 e. The molecular weight excluding hydrogens is 247 g/mol. The predicted octanol–water partition coefficient (Wildman–Crippen LogP) is 1.40. The molecule has 7 heteroatoms. The van der Waals surface area contributed by atoms with Gasteiger partial charge in [0.1, 0.15) is 5.78 Å². The molecule has 1 unspecified atom stereocenters. The van der Waals surface area contributed by atoms with E-state index in [9.17, 15) is 14.2 Å². The summed E-state index contributed by atoms with van der Waals surface area (Å²) in [7, 11) is -4.16. The third-order valence-electron chi connectivity index (χ3n) is 2.48. The Kier molecular flexibility index (Phi) is 7.27. The number of carboxylic acids is 1. The van der Waals surface area contributed by atoms with E-state index in [0.717, 1.165) is 0 Å². The number of hydrogen-bond donors (Lipinski definition) is 3. The molecule has 0 heterocycles. The summed E-state index contributed by atoms with van der Waals surface area (Å²) in [6, 6.07) is 0. The summed E-state index contributed by atoms with van der Waals surface area (Å²) in [5, 5.41) is 8.41. The smallest absolute Gasteiger partial charge is 0.326 e. The highest BCUT2D eigenvalue weighted by atomic mass is 31.2. The van der Waals surface area contributed by atoms with Gasteiger partial charge in [-0.2, -0.15) is 0 Å². The molecule has 1 atom stereocenters. The third-order valence-corrected chi connectivity index (χ3v) is 3.39. The number of ketones is 1. The molecule has 0 aliphatic carbocycles. The lowest BCUT2D eigenvalue weighted by molar-refractivity contribution is -0.137. The highest BCUT2D eigenvalue weighted by Crippen LogP contribution is 2.38. The Labute approximate surface area is 100 Å². The lowest BCUT2D eigenvalue weighted by Crippen LogP contribution is -2.15. The molecule has 0 amide bonds. The molecule has 0 bridgehead atoms. The number of carboxylic acid groups (broad SMARTS) is 1. The number of unbranched alkanes of at least 4 members (excludes halogenated alkanes) is 2. The van der Waals surface area contributed by atoms with Gasteiger partial charge >= 0.3 is 13.6 Å². The van der Waals surface area contributed by atoms with Crippen LogP contribution in [-0.2, 0) is 14.2 Å². The van der Waals surface area contributed by atoms with Crippen molar-refractivity contribution in [2.45, 2.75) is 39.0 Å². The molecule has 0 aromatic carbocycles. The Morgan fingerprint density at radius 1 is 1.18 bits per heavy atom. The number of carbonyl (C=O) groups is 2. The van der Waals surface area contributed by atoms with Crippen LogP contribution in [0.3, 0.4) is 0 Å². The first-order valence-corrected chi connectivity index (χ1v) is 7.29. The predicted molar refractivity (Wildman–Crippen MR) is 61.8 cm³/mol. The molecule has 0 spiro atoms. The van der Waals surface area contributed by atoms with Gasteiger partial charge < -0.3 is 14.9 Å². The van der Waals surface area contributed by atoms with Gasteiger partial charge in [-0.15, -0.1) is 0 Å². The fraction of sp³-hybridized carbons (Fsp3) is 0.800. The van der Waals surface area contributed by atoms with Crippen LogP contribution in [0.5, 0.6) is 0 Å². The third kappa shape index (κ3) is 10.2. The maximum atomic E-state index is 11.2. The zero-order valence-electron chi connectivity index (χ0n) is 9.83. The van der Waals surface area contributed by atoms with Crippen LogP contribution in [0.25, 0.3) is 0 Å². The summed E-state index contributed by atoms with van der Waals surface area (Å²) in [5.74, 6) is -1.71. The van der Waals surface area contributed by atoms with Crippen LogP contribution in [-0.4, -0.2) is 32.8 Å². The number of Topliss-reactive ketones (excluding diaryl/α,β-unsaturated/α-hetero) is 1. The molecule has 0 aliphatic rings. The number of aliphatic carboxylic acids is 1. The first-order valence-electron chi connectivity index (χ1n) is 5.49. The van der Waals surface area contributed by atoms with Gasteiger partial charge in [-0.3, -0.25) is 14.2 Å². The van der Waals surface area contributed by atoms with Crippen molar-refractivity contribution in [3.8, 4) is 0 Å². The highest BCUT2D eigenvalue weighted by Gasteiger charge is 2.24. The molecule has 3 N–H and O–H groups in total. The molecule has 0 rings (SSSR count). The van der Waals surface area contributed by atoms with Gasteiger partial charge in [0.2, 0.25) is 0 Å². The van der Waals surface area contributed by atoms with E-state index in [4.69, 9.17) is 14.9 Å². The van der Waals surface area contributed by atoms with Crippen molar-refractivity contribution in [1.29, 1.82) is 0 Å². The normalized spacial score (nSPS) is 13.4. The van der Waals surface area contributed by atoms with Crippen molar-refractivity contribution in [3.63, 3.8) is 0 Å². The lowest BCUT2D eigenvalue weighted by Gasteiger charge is -2.14. The molecular formula is C10H19O6P. The van der Waals surface area contributed by atoms with Gasteiger partial charge in [-0.05, 0) is 19.8 Å². The van der Waals surface area contributed by atoms with Crippen molar-refractivity contribution in [2.24, 2.45) is 5.92 Å². The van der Waals surface area contributed by atoms with Crippen LogP contribution in [0.15, 0.2) is 0 Å². The van der Waals surface area contributed by atoms with Crippen molar-refractivity contribution < 1.29 is 29.0 Å². The zero-order valence-corrected chi connectivity index (χ0v) is 10.7. The van der Waals surface area contributed by atoms with Gasteiger partial charge in [-0.25, -0.2) is 0 Å². The van der Waals surface area contributed by atoms with E-state index in [1.54, 1.807) is 0 Å². The summed E-state index contributed by atoms with van der Waals surface area (Å²) in [4.78, 5) is 39.0. The quantitative estimate of drug-likeness (QED) is 0.429. The number of carbonyl (C=O) groups excluding carboxylic acids is 1. The molecule has 0 radical (unpaired) electrons. The average molecular weight is 266 g/mol. The first-order chi connectivity index (χ1) is 7.72. The molecule has 0 aromatic rings. The van der Waals surface area contributed by atoms with Crippen molar-refractivity contribution in [1.82, 2.24) is 0 Å². The van der Waals surface area contributed by atoms with Crippen LogP contribution in [0.2, 0.25) is 0 Å². The van der Waals surface area contributed by atoms with Gasteiger partial charge in [0.15, 0.2) is 0 Å². The van der Waals surface area contributed by atoms with Gasteiger partial charge in [0.05, 0.1) is 6.16 Å². The van der Waals surface area contributed by atoms with E-state index in [0.29, 0.717) is 25.7 Å². The highest BCUT2D eigenvalue weighted by molar-refractivity contribution is 7.51. The van der Waals surface area contributed by atoms with Crippen molar-refractivity contribution >= 4 is 19.3 Å². The van der Waals surface area contributed by atoms with E-state index in [1.807, 2.05) is 0 Å². The molecule has 17 heavy (non-hydrogen) atoms. The minimum absolute atomic E-state index is 0.0865. The van der Waals surface area contributed by atoms with E-state index in [1.165, 1.54) is 6.92 Å². The van der Waals surface area contributed by atoms with Crippen LogP contribution in [0.4, 0.5) is 0 Å². The molecule has 100 valence electrons. The second kappa shape index (κ2) is 7.58. The van der Waals surface area contributed by atoms with E-state index in [2.05, 4.69) is 0 Å². The Hall–Kier alpha value is -0.710. The summed E-state index contributed by atoms with van der Waals surface area (Å²) < 4.78 is 10.8. The zero-order chi connectivity index (χ0) is 13.5. The molecule has 6 nitrogen and oxygen atoms in total. The first kappa shape index (κ1) is 16.3. The van der Waals surface area contributed by atoms with E-state index >= 15 is 0 Å². The van der Waals surface area contributed by atoms with Gasteiger partial charge in [0.25, 0.3) is 0 Å². The standard InChI is InChI=1S/C10H19O6P/c1-8(11)9(7-17(14,15)16)5-3-2-4-6-10(12)13/h9H,2-7H2,1H3,(H,12,13)(H2,14,15,16). The Bertz CT molecular complexity index is 308. The van der Waals surface area contributed by atoms with Crippen LogP contribution in [0, 0.1) is 5.92 Å². The topological polar surface area (TPSA) is 112 Å². The van der Waals surface area contributed by atoms with Crippen LogP contribution < -0.4 is 0 Å². The minimum atomic E-state index is -4.16. The molecule has 0 saturated heterocycles. The molecule has 0 aliphatic heterocycles. The van der Waals surface area contributed by atoms with Crippen LogP contribution >= 0.6 is 7.60 Å². The van der Waals surface area contributed by atoms with Crippen molar-refractivity contribution in [2.75, 3.05) is 6.16 Å². The van der Waals surface area contributed by atoms with Crippen molar-refractivity contribution in [3.05, 3.63) is 0 Å². The molecule has 0 aromatic heterocycles. The SMILES string of the molecule is CC(=O)C(CCCCCC(=O)O)CP(=O)(O)O. The Morgan fingerprint density at radius 3 is 2.18 bits per heavy atom. The number of hydrogen-bond acceptors (Lipinski definition) is 3. The second-order valence-electron chi connectivity index (χ2n) is 4.15. The van der Waals surface area contributed by atoms with Gasteiger partial charge in [0, 0.05) is 12.3 Å². The Morgan fingerprint density at radius 2 is 1.76 bits per heavy atom. The van der Waals surface area contributed by atoms with Crippen LogP contribution in [0.1, 0.15) is 39.0 Å². The monoisotopic (exact) mass is 266 g/mol. The second-order valence-corrected chi connectivity index (χ2v) is 5.84. The number of rotatable bonds is 9. The lowest BCUT2D eigenvalue weighted by atomic mass is 9.99. The minimum Gasteiger partial charge on any atom is -0.481 e. The summed E-state index contributed by atoms with van der Waals surface area (Å²) in [6.07, 6.45) is 1.86. The molecule has 0 fully saturated rings.